The van der Waals surface area contributed by atoms with Crippen LogP contribution in [0.3, 0.4) is 0 Å². The molecule has 0 N–H and O–H groups in total. The number of thiophene rings is 1. The average Bonchev–Trinajstić information content (AvgIpc) is 3.15. The molecule has 31 heavy (non-hydrogen) atoms. The summed E-state index contributed by atoms with van der Waals surface area (Å²) in [5.41, 5.74) is 3.65. The Morgan fingerprint density at radius 3 is 2.71 bits per heavy atom. The standard InChI is InChI=1S/C24H18FN3OS2/c1-15-7-9-16(10-8-15)13-28-23(29)21-20(19-6-3-11-26-22(19)31-21)27-24(28)30-14-17-4-2-5-18(25)12-17/h2-12H,13-14H2,1H3. The van der Waals surface area contributed by atoms with Gasteiger partial charge < -0.3 is 0 Å². The third kappa shape index (κ3) is 3.98. The molecular formula is C24H18FN3OS2. The smallest absolute Gasteiger partial charge is 0.272 e. The summed E-state index contributed by atoms with van der Waals surface area (Å²) in [5, 5.41) is 1.50. The molecule has 0 bridgehead atoms. The largest absolute Gasteiger partial charge is 0.282 e. The quantitative estimate of drug-likeness (QED) is 0.253. The molecule has 0 aliphatic heterocycles. The molecule has 0 aliphatic carbocycles. The molecule has 0 unspecified atom stereocenters. The van der Waals surface area contributed by atoms with Crippen LogP contribution < -0.4 is 5.56 Å². The fourth-order valence-electron chi connectivity index (χ4n) is 3.44. The summed E-state index contributed by atoms with van der Waals surface area (Å²) in [6, 6.07) is 18.4. The van der Waals surface area contributed by atoms with E-state index in [-0.39, 0.29) is 11.4 Å². The van der Waals surface area contributed by atoms with Gasteiger partial charge in [0.15, 0.2) is 5.16 Å². The number of thioether (sulfide) groups is 1. The highest BCUT2D eigenvalue weighted by Crippen LogP contribution is 2.31. The lowest BCUT2D eigenvalue weighted by atomic mass is 10.1. The van der Waals surface area contributed by atoms with Crippen LogP contribution in [0.15, 0.2) is 76.8 Å². The second-order valence-electron chi connectivity index (χ2n) is 7.33. The van der Waals surface area contributed by atoms with Gasteiger partial charge in [0.1, 0.15) is 15.3 Å². The van der Waals surface area contributed by atoms with Crippen molar-refractivity contribution in [1.82, 2.24) is 14.5 Å². The van der Waals surface area contributed by atoms with E-state index in [0.29, 0.717) is 27.7 Å². The number of nitrogens with zero attached hydrogens (tertiary/aromatic N) is 3. The predicted octanol–water partition coefficient (Wildman–Crippen LogP) is 5.79. The van der Waals surface area contributed by atoms with Gasteiger partial charge in [0.05, 0.1) is 12.1 Å². The molecule has 2 aromatic carbocycles. The van der Waals surface area contributed by atoms with Gasteiger partial charge in [0.25, 0.3) is 5.56 Å². The Morgan fingerprint density at radius 1 is 1.06 bits per heavy atom. The molecule has 3 heterocycles. The van der Waals surface area contributed by atoms with Crippen LogP contribution >= 0.6 is 23.1 Å². The minimum absolute atomic E-state index is 0.0738. The van der Waals surface area contributed by atoms with Crippen molar-refractivity contribution in [2.75, 3.05) is 0 Å². The first-order chi connectivity index (χ1) is 15.1. The lowest BCUT2D eigenvalue weighted by molar-refractivity contribution is 0.626. The van der Waals surface area contributed by atoms with E-state index in [4.69, 9.17) is 4.98 Å². The van der Waals surface area contributed by atoms with Gasteiger partial charge >= 0.3 is 0 Å². The second-order valence-corrected chi connectivity index (χ2v) is 9.27. The molecule has 3 aromatic heterocycles. The van der Waals surface area contributed by atoms with Crippen molar-refractivity contribution in [2.45, 2.75) is 24.4 Å². The van der Waals surface area contributed by atoms with Gasteiger partial charge in [-0.3, -0.25) is 9.36 Å². The molecule has 154 valence electrons. The molecule has 0 aliphatic rings. The number of hydrogen-bond acceptors (Lipinski definition) is 5. The Hall–Kier alpha value is -3.03. The van der Waals surface area contributed by atoms with E-state index < -0.39 is 0 Å². The zero-order chi connectivity index (χ0) is 21.4. The number of aryl methyl sites for hydroxylation is 1. The Labute approximate surface area is 186 Å². The van der Waals surface area contributed by atoms with E-state index in [0.717, 1.165) is 21.3 Å². The molecule has 4 nitrogen and oxygen atoms in total. The zero-order valence-electron chi connectivity index (χ0n) is 16.7. The predicted molar refractivity (Wildman–Crippen MR) is 125 cm³/mol. The van der Waals surface area contributed by atoms with Crippen LogP contribution in [0.5, 0.6) is 0 Å². The monoisotopic (exact) mass is 447 g/mol. The summed E-state index contributed by atoms with van der Waals surface area (Å²) in [7, 11) is 0. The van der Waals surface area contributed by atoms with E-state index in [1.54, 1.807) is 16.8 Å². The Bertz CT molecular complexity index is 1460. The van der Waals surface area contributed by atoms with Crippen LogP contribution in [0, 0.1) is 12.7 Å². The molecule has 7 heteroatoms. The first kappa shape index (κ1) is 19.9. The molecule has 0 saturated carbocycles. The van der Waals surface area contributed by atoms with E-state index >= 15 is 0 Å². The van der Waals surface area contributed by atoms with Gasteiger partial charge in [-0.15, -0.1) is 11.3 Å². The van der Waals surface area contributed by atoms with Crippen LogP contribution in [-0.2, 0) is 12.3 Å². The van der Waals surface area contributed by atoms with Crippen molar-refractivity contribution < 1.29 is 4.39 Å². The van der Waals surface area contributed by atoms with Gasteiger partial charge in [-0.2, -0.15) is 0 Å². The maximum Gasteiger partial charge on any atom is 0.272 e. The van der Waals surface area contributed by atoms with Crippen molar-refractivity contribution in [2.24, 2.45) is 0 Å². The lowest BCUT2D eigenvalue weighted by Gasteiger charge is -2.12. The SMILES string of the molecule is Cc1ccc(Cn2c(SCc3cccc(F)c3)nc3c(sc4ncccc43)c2=O)cc1. The van der Waals surface area contributed by atoms with Gasteiger partial charge in [0.2, 0.25) is 0 Å². The molecule has 0 amide bonds. The highest BCUT2D eigenvalue weighted by molar-refractivity contribution is 7.98. The number of halogens is 1. The van der Waals surface area contributed by atoms with Crippen LogP contribution in [0.2, 0.25) is 0 Å². The van der Waals surface area contributed by atoms with Crippen LogP contribution in [-0.4, -0.2) is 14.5 Å². The summed E-state index contributed by atoms with van der Waals surface area (Å²) in [6.45, 7) is 2.46. The summed E-state index contributed by atoms with van der Waals surface area (Å²) in [6.07, 6.45) is 1.72. The molecule has 0 spiro atoms. The molecule has 0 radical (unpaired) electrons. The van der Waals surface area contributed by atoms with Crippen molar-refractivity contribution in [3.63, 3.8) is 0 Å². The molecule has 0 fully saturated rings. The normalized spacial score (nSPS) is 11.4. The topological polar surface area (TPSA) is 47.8 Å². The molecule has 5 aromatic rings. The Morgan fingerprint density at radius 2 is 1.90 bits per heavy atom. The highest BCUT2D eigenvalue weighted by Gasteiger charge is 2.17. The number of rotatable bonds is 5. The van der Waals surface area contributed by atoms with E-state index in [1.165, 1.54) is 40.8 Å². The fourth-order valence-corrected chi connectivity index (χ4v) is 5.41. The maximum absolute atomic E-state index is 13.6. The third-order valence-corrected chi connectivity index (χ3v) is 7.17. The molecular weight excluding hydrogens is 429 g/mol. The van der Waals surface area contributed by atoms with Gasteiger partial charge in [-0.25, -0.2) is 14.4 Å². The van der Waals surface area contributed by atoms with Crippen molar-refractivity contribution in [1.29, 1.82) is 0 Å². The Kier molecular flexibility index (Phi) is 5.29. The van der Waals surface area contributed by atoms with E-state index in [9.17, 15) is 9.18 Å². The summed E-state index contributed by atoms with van der Waals surface area (Å²) in [4.78, 5) is 23.6. The van der Waals surface area contributed by atoms with Crippen LogP contribution in [0.1, 0.15) is 16.7 Å². The van der Waals surface area contributed by atoms with Crippen LogP contribution in [0.25, 0.3) is 20.4 Å². The van der Waals surface area contributed by atoms with Gasteiger partial charge in [-0.05, 0) is 42.3 Å². The van der Waals surface area contributed by atoms with E-state index in [2.05, 4.69) is 4.98 Å². The molecule has 0 saturated heterocycles. The number of aromatic nitrogens is 3. The van der Waals surface area contributed by atoms with Crippen molar-refractivity contribution in [3.8, 4) is 0 Å². The number of benzene rings is 2. The average molecular weight is 448 g/mol. The maximum atomic E-state index is 13.6. The highest BCUT2D eigenvalue weighted by atomic mass is 32.2. The zero-order valence-corrected chi connectivity index (χ0v) is 18.3. The van der Waals surface area contributed by atoms with Crippen LogP contribution in [0.4, 0.5) is 4.39 Å². The summed E-state index contributed by atoms with van der Waals surface area (Å²) < 4.78 is 15.9. The first-order valence-corrected chi connectivity index (χ1v) is 11.6. The summed E-state index contributed by atoms with van der Waals surface area (Å²) in [5.74, 6) is 0.248. The van der Waals surface area contributed by atoms with Crippen molar-refractivity contribution >= 4 is 43.5 Å². The fraction of sp³-hybridized carbons (Fsp3) is 0.125. The van der Waals surface area contributed by atoms with Gasteiger partial charge in [-0.1, -0.05) is 53.7 Å². The lowest BCUT2D eigenvalue weighted by Crippen LogP contribution is -2.23. The minimum Gasteiger partial charge on any atom is -0.282 e. The third-order valence-electron chi connectivity index (χ3n) is 5.04. The Balaban J connectivity index is 1.63. The van der Waals surface area contributed by atoms with E-state index in [1.807, 2.05) is 49.4 Å². The first-order valence-electron chi connectivity index (χ1n) is 9.79. The number of pyridine rings is 1. The second kappa shape index (κ2) is 8.24. The number of fused-ring (bicyclic) bond motifs is 3. The summed E-state index contributed by atoms with van der Waals surface area (Å²) >= 11 is 2.82. The van der Waals surface area contributed by atoms with Gasteiger partial charge in [0, 0.05) is 17.3 Å². The molecule has 0 atom stereocenters. The minimum atomic E-state index is -0.270. The molecule has 5 rings (SSSR count). The number of hydrogen-bond donors (Lipinski definition) is 0. The van der Waals surface area contributed by atoms with Crippen molar-refractivity contribution in [3.05, 3.63) is 99.7 Å².